The standard InChI is InChI=1S/C8H7N3O2/c1-11-6(5-12)4-7(10-11)8-9-2-3-13-8/h2-5H,1H3. The Hall–Kier alpha value is -1.91. The minimum Gasteiger partial charge on any atom is -0.443 e. The summed E-state index contributed by atoms with van der Waals surface area (Å²) in [5, 5.41) is 4.05. The van der Waals surface area contributed by atoms with E-state index in [2.05, 4.69) is 10.1 Å². The van der Waals surface area contributed by atoms with Gasteiger partial charge in [0.15, 0.2) is 6.29 Å². The summed E-state index contributed by atoms with van der Waals surface area (Å²) in [6, 6.07) is 1.62. The predicted octanol–water partition coefficient (Wildman–Crippen LogP) is 0.888. The van der Waals surface area contributed by atoms with Gasteiger partial charge in [0.25, 0.3) is 0 Å². The van der Waals surface area contributed by atoms with Crippen molar-refractivity contribution in [2.75, 3.05) is 0 Å². The van der Waals surface area contributed by atoms with Crippen LogP contribution in [-0.2, 0) is 7.05 Å². The lowest BCUT2D eigenvalue weighted by Crippen LogP contribution is -1.95. The number of rotatable bonds is 2. The lowest BCUT2D eigenvalue weighted by atomic mass is 10.4. The van der Waals surface area contributed by atoms with Crippen LogP contribution in [0.4, 0.5) is 0 Å². The van der Waals surface area contributed by atoms with Crippen LogP contribution in [0.15, 0.2) is 22.9 Å². The van der Waals surface area contributed by atoms with Gasteiger partial charge in [0.2, 0.25) is 5.89 Å². The van der Waals surface area contributed by atoms with Crippen molar-refractivity contribution >= 4 is 6.29 Å². The molecular weight excluding hydrogens is 170 g/mol. The van der Waals surface area contributed by atoms with Gasteiger partial charge in [-0.05, 0) is 6.07 Å². The summed E-state index contributed by atoms with van der Waals surface area (Å²) in [6.45, 7) is 0. The predicted molar refractivity (Wildman–Crippen MR) is 44.1 cm³/mol. The number of hydrogen-bond donors (Lipinski definition) is 0. The average molecular weight is 177 g/mol. The number of aromatic nitrogens is 3. The molecular formula is C8H7N3O2. The van der Waals surface area contributed by atoms with Gasteiger partial charge in [-0.3, -0.25) is 9.48 Å². The van der Waals surface area contributed by atoms with E-state index < -0.39 is 0 Å². The Kier molecular flexibility index (Phi) is 1.70. The first kappa shape index (κ1) is 7.72. The fourth-order valence-electron chi connectivity index (χ4n) is 1.05. The maximum Gasteiger partial charge on any atom is 0.246 e. The van der Waals surface area contributed by atoms with Crippen LogP contribution < -0.4 is 0 Å². The molecule has 2 aromatic heterocycles. The molecule has 0 saturated heterocycles. The maximum absolute atomic E-state index is 10.5. The van der Waals surface area contributed by atoms with Gasteiger partial charge in [-0.15, -0.1) is 0 Å². The van der Waals surface area contributed by atoms with Crippen molar-refractivity contribution in [2.45, 2.75) is 0 Å². The Morgan fingerprint density at radius 1 is 1.62 bits per heavy atom. The van der Waals surface area contributed by atoms with Gasteiger partial charge in [0.05, 0.1) is 6.20 Å². The molecule has 0 aliphatic rings. The fraction of sp³-hybridized carbons (Fsp3) is 0.125. The highest BCUT2D eigenvalue weighted by molar-refractivity contribution is 5.74. The molecule has 0 bridgehead atoms. The van der Waals surface area contributed by atoms with Crippen molar-refractivity contribution < 1.29 is 9.21 Å². The smallest absolute Gasteiger partial charge is 0.246 e. The lowest BCUT2D eigenvalue weighted by molar-refractivity contribution is 0.111. The second kappa shape index (κ2) is 2.85. The molecule has 13 heavy (non-hydrogen) atoms. The van der Waals surface area contributed by atoms with Crippen molar-refractivity contribution in [3.8, 4) is 11.6 Å². The first-order valence-corrected chi connectivity index (χ1v) is 3.70. The summed E-state index contributed by atoms with van der Waals surface area (Å²) < 4.78 is 6.51. The van der Waals surface area contributed by atoms with E-state index in [0.717, 1.165) is 6.29 Å². The molecule has 0 fully saturated rings. The summed E-state index contributed by atoms with van der Waals surface area (Å²) in [6.07, 6.45) is 3.73. The highest BCUT2D eigenvalue weighted by Gasteiger charge is 2.09. The van der Waals surface area contributed by atoms with Crippen LogP contribution >= 0.6 is 0 Å². The first-order chi connectivity index (χ1) is 6.31. The van der Waals surface area contributed by atoms with Crippen LogP contribution in [0.1, 0.15) is 10.5 Å². The first-order valence-electron chi connectivity index (χ1n) is 3.70. The van der Waals surface area contributed by atoms with E-state index in [1.165, 1.54) is 17.1 Å². The molecule has 0 spiro atoms. The summed E-state index contributed by atoms with van der Waals surface area (Å²) in [7, 11) is 1.69. The Labute approximate surface area is 74.0 Å². The quantitative estimate of drug-likeness (QED) is 0.639. The van der Waals surface area contributed by atoms with Gasteiger partial charge in [-0.25, -0.2) is 4.98 Å². The number of hydrogen-bond acceptors (Lipinski definition) is 4. The van der Waals surface area contributed by atoms with Crippen LogP contribution in [0.25, 0.3) is 11.6 Å². The van der Waals surface area contributed by atoms with E-state index in [1.807, 2.05) is 0 Å². The molecule has 0 radical (unpaired) electrons. The van der Waals surface area contributed by atoms with E-state index in [4.69, 9.17) is 4.42 Å². The van der Waals surface area contributed by atoms with Crippen molar-refractivity contribution in [1.82, 2.24) is 14.8 Å². The molecule has 2 heterocycles. The summed E-state index contributed by atoms with van der Waals surface area (Å²) in [5.41, 5.74) is 1.06. The third-order valence-electron chi connectivity index (χ3n) is 1.69. The second-order valence-corrected chi connectivity index (χ2v) is 2.53. The van der Waals surface area contributed by atoms with E-state index in [1.54, 1.807) is 13.1 Å². The topological polar surface area (TPSA) is 60.9 Å². The molecule has 0 aliphatic heterocycles. The summed E-state index contributed by atoms with van der Waals surface area (Å²) >= 11 is 0. The molecule has 0 N–H and O–H groups in total. The van der Waals surface area contributed by atoms with Crippen LogP contribution in [0.2, 0.25) is 0 Å². The highest BCUT2D eigenvalue weighted by atomic mass is 16.3. The molecule has 5 nitrogen and oxygen atoms in total. The largest absolute Gasteiger partial charge is 0.443 e. The molecule has 5 heteroatoms. The lowest BCUT2D eigenvalue weighted by Gasteiger charge is -1.87. The van der Waals surface area contributed by atoms with Crippen LogP contribution in [0.3, 0.4) is 0 Å². The number of carbonyl (C=O) groups is 1. The van der Waals surface area contributed by atoms with E-state index in [-0.39, 0.29) is 0 Å². The minimum atomic E-state index is 0.420. The molecule has 0 amide bonds. The Balaban J connectivity index is 2.48. The van der Waals surface area contributed by atoms with Gasteiger partial charge < -0.3 is 4.42 Å². The second-order valence-electron chi connectivity index (χ2n) is 2.53. The van der Waals surface area contributed by atoms with E-state index in [0.29, 0.717) is 17.3 Å². The zero-order chi connectivity index (χ0) is 9.26. The normalized spacial score (nSPS) is 10.2. The SMILES string of the molecule is Cn1nc(-c2ncco2)cc1C=O. The van der Waals surface area contributed by atoms with Crippen molar-refractivity contribution in [2.24, 2.45) is 7.05 Å². The number of aldehydes is 1. The van der Waals surface area contributed by atoms with Crippen molar-refractivity contribution in [3.63, 3.8) is 0 Å². The Morgan fingerprint density at radius 2 is 2.46 bits per heavy atom. The van der Waals surface area contributed by atoms with Gasteiger partial charge in [0, 0.05) is 7.05 Å². The number of aryl methyl sites for hydroxylation is 1. The Morgan fingerprint density at radius 3 is 3.00 bits per heavy atom. The van der Waals surface area contributed by atoms with Crippen molar-refractivity contribution in [1.29, 1.82) is 0 Å². The molecule has 2 aromatic rings. The maximum atomic E-state index is 10.5. The van der Waals surface area contributed by atoms with Crippen molar-refractivity contribution in [3.05, 3.63) is 24.2 Å². The molecule has 0 unspecified atom stereocenters. The average Bonchev–Trinajstić information content (AvgIpc) is 2.71. The Bertz CT molecular complexity index is 417. The van der Waals surface area contributed by atoms with E-state index in [9.17, 15) is 4.79 Å². The number of carbonyl (C=O) groups excluding carboxylic acids is 1. The van der Waals surface area contributed by atoms with Gasteiger partial charge in [-0.2, -0.15) is 5.10 Å². The zero-order valence-electron chi connectivity index (χ0n) is 6.97. The minimum absolute atomic E-state index is 0.420. The summed E-state index contributed by atoms with van der Waals surface area (Å²) in [5.74, 6) is 0.420. The molecule has 2 rings (SSSR count). The van der Waals surface area contributed by atoms with Gasteiger partial charge in [0.1, 0.15) is 17.7 Å². The number of nitrogens with zero attached hydrogens (tertiary/aromatic N) is 3. The fourth-order valence-corrected chi connectivity index (χ4v) is 1.05. The van der Waals surface area contributed by atoms with Crippen LogP contribution in [0, 0.1) is 0 Å². The van der Waals surface area contributed by atoms with E-state index >= 15 is 0 Å². The third-order valence-corrected chi connectivity index (χ3v) is 1.69. The molecule has 0 aliphatic carbocycles. The molecule has 0 atom stereocenters. The van der Waals surface area contributed by atoms with Gasteiger partial charge in [-0.1, -0.05) is 0 Å². The highest BCUT2D eigenvalue weighted by Crippen LogP contribution is 2.14. The molecule has 0 aromatic carbocycles. The monoisotopic (exact) mass is 177 g/mol. The summed E-state index contributed by atoms with van der Waals surface area (Å²) in [4.78, 5) is 14.4. The van der Waals surface area contributed by atoms with Crippen LogP contribution in [-0.4, -0.2) is 21.1 Å². The third kappa shape index (κ3) is 1.24. The van der Waals surface area contributed by atoms with Crippen LogP contribution in [0.5, 0.6) is 0 Å². The molecule has 0 saturated carbocycles. The number of oxazole rings is 1. The van der Waals surface area contributed by atoms with Gasteiger partial charge >= 0.3 is 0 Å². The molecule has 66 valence electrons. The zero-order valence-corrected chi connectivity index (χ0v) is 6.97.